The van der Waals surface area contributed by atoms with Crippen molar-refractivity contribution in [2.75, 3.05) is 13.2 Å². The van der Waals surface area contributed by atoms with Crippen LogP contribution in [0.5, 0.6) is 0 Å². The Hall–Kier alpha value is -1.36. The third-order valence-corrected chi connectivity index (χ3v) is 4.74. The lowest BCUT2D eigenvalue weighted by Gasteiger charge is -2.42. The summed E-state index contributed by atoms with van der Waals surface area (Å²) < 4.78 is 6.14. The van der Waals surface area contributed by atoms with E-state index in [1.54, 1.807) is 17.0 Å². The molecule has 1 aromatic carbocycles. The van der Waals surface area contributed by atoms with Crippen LogP contribution in [0.15, 0.2) is 28.7 Å². The number of halogens is 1. The van der Waals surface area contributed by atoms with Gasteiger partial charge in [0.2, 0.25) is 0 Å². The fourth-order valence-electron chi connectivity index (χ4n) is 3.17. The molecule has 0 atom stereocenters. The van der Waals surface area contributed by atoms with Crippen molar-refractivity contribution < 1.29 is 14.3 Å². The molecule has 4 nitrogen and oxygen atoms in total. The van der Waals surface area contributed by atoms with E-state index in [1.807, 2.05) is 12.1 Å². The standard InChI is InChI=1S/C15H16BrNO3/c16-12-5-3-11(4-6-12)13(18)17-9-10-20-14(19)15(17)7-1-2-8-15/h3-6H,1-2,7-10H2. The molecule has 2 aliphatic rings. The van der Waals surface area contributed by atoms with Crippen LogP contribution in [0.4, 0.5) is 0 Å². The molecule has 1 saturated heterocycles. The number of carbonyl (C=O) groups excluding carboxylic acids is 2. The second-order valence-electron chi connectivity index (χ2n) is 5.34. The van der Waals surface area contributed by atoms with Crippen LogP contribution in [0, 0.1) is 0 Å². The number of carbonyl (C=O) groups is 2. The Kier molecular flexibility index (Phi) is 3.54. The second-order valence-corrected chi connectivity index (χ2v) is 6.25. The van der Waals surface area contributed by atoms with Crippen LogP contribution in [0.3, 0.4) is 0 Å². The van der Waals surface area contributed by atoms with Crippen LogP contribution < -0.4 is 0 Å². The first-order valence-corrected chi connectivity index (χ1v) is 7.67. The van der Waals surface area contributed by atoms with Gasteiger partial charge in [0.1, 0.15) is 12.1 Å². The molecule has 1 aliphatic heterocycles. The average Bonchev–Trinajstić information content (AvgIpc) is 2.93. The molecule has 1 amide bonds. The number of hydrogen-bond donors (Lipinski definition) is 0. The lowest BCUT2D eigenvalue weighted by atomic mass is 9.92. The molecule has 20 heavy (non-hydrogen) atoms. The molecule has 1 spiro atoms. The number of morpholine rings is 1. The molecule has 1 aliphatic carbocycles. The lowest BCUT2D eigenvalue weighted by molar-refractivity contribution is -0.164. The monoisotopic (exact) mass is 337 g/mol. The van der Waals surface area contributed by atoms with E-state index in [9.17, 15) is 9.59 Å². The molecule has 0 aromatic heterocycles. The van der Waals surface area contributed by atoms with Crippen LogP contribution in [-0.4, -0.2) is 35.5 Å². The Morgan fingerprint density at radius 2 is 1.85 bits per heavy atom. The van der Waals surface area contributed by atoms with E-state index >= 15 is 0 Å². The highest BCUT2D eigenvalue weighted by Crippen LogP contribution is 2.39. The summed E-state index contributed by atoms with van der Waals surface area (Å²) in [5, 5.41) is 0. The zero-order valence-corrected chi connectivity index (χ0v) is 12.7. The molecule has 1 saturated carbocycles. The normalized spacial score (nSPS) is 21.1. The number of amides is 1. The third-order valence-electron chi connectivity index (χ3n) is 4.21. The van der Waals surface area contributed by atoms with Gasteiger partial charge >= 0.3 is 5.97 Å². The van der Waals surface area contributed by atoms with Crippen molar-refractivity contribution in [3.63, 3.8) is 0 Å². The summed E-state index contributed by atoms with van der Waals surface area (Å²) in [6.45, 7) is 0.781. The van der Waals surface area contributed by atoms with Crippen molar-refractivity contribution >= 4 is 27.8 Å². The molecule has 106 valence electrons. The molecular formula is C15H16BrNO3. The number of cyclic esters (lactones) is 1. The van der Waals surface area contributed by atoms with Gasteiger partial charge in [0, 0.05) is 10.0 Å². The number of hydrogen-bond acceptors (Lipinski definition) is 3. The highest BCUT2D eigenvalue weighted by atomic mass is 79.9. The lowest BCUT2D eigenvalue weighted by Crippen LogP contribution is -2.60. The Morgan fingerprint density at radius 3 is 2.50 bits per heavy atom. The number of benzene rings is 1. The van der Waals surface area contributed by atoms with Gasteiger partial charge in [-0.25, -0.2) is 4.79 Å². The fraction of sp³-hybridized carbons (Fsp3) is 0.467. The van der Waals surface area contributed by atoms with Crippen molar-refractivity contribution in [2.45, 2.75) is 31.2 Å². The molecule has 0 radical (unpaired) electrons. The van der Waals surface area contributed by atoms with E-state index in [1.165, 1.54) is 0 Å². The van der Waals surface area contributed by atoms with Gasteiger partial charge in [-0.15, -0.1) is 0 Å². The first-order chi connectivity index (χ1) is 9.63. The third kappa shape index (κ3) is 2.14. The number of esters is 1. The Balaban J connectivity index is 1.92. The molecule has 5 heteroatoms. The van der Waals surface area contributed by atoms with Crippen LogP contribution >= 0.6 is 15.9 Å². The van der Waals surface area contributed by atoms with Crippen molar-refractivity contribution in [1.82, 2.24) is 4.90 Å². The maximum Gasteiger partial charge on any atom is 0.332 e. The summed E-state index contributed by atoms with van der Waals surface area (Å²) in [7, 11) is 0. The van der Waals surface area contributed by atoms with Crippen molar-refractivity contribution in [1.29, 1.82) is 0 Å². The van der Waals surface area contributed by atoms with Crippen LogP contribution in [0.2, 0.25) is 0 Å². The zero-order chi connectivity index (χ0) is 14.2. The molecule has 2 fully saturated rings. The maximum absolute atomic E-state index is 12.7. The Morgan fingerprint density at radius 1 is 1.20 bits per heavy atom. The van der Waals surface area contributed by atoms with Gasteiger partial charge in [-0.2, -0.15) is 0 Å². The molecular weight excluding hydrogens is 322 g/mol. The van der Waals surface area contributed by atoms with Crippen LogP contribution in [-0.2, 0) is 9.53 Å². The average molecular weight is 338 g/mol. The van der Waals surface area contributed by atoms with Gasteiger partial charge in [-0.05, 0) is 37.1 Å². The van der Waals surface area contributed by atoms with Gasteiger partial charge in [0.25, 0.3) is 5.91 Å². The van der Waals surface area contributed by atoms with Gasteiger partial charge in [0.05, 0.1) is 6.54 Å². The largest absolute Gasteiger partial charge is 0.462 e. The molecule has 3 rings (SSSR count). The van der Waals surface area contributed by atoms with Crippen molar-refractivity contribution in [3.05, 3.63) is 34.3 Å². The van der Waals surface area contributed by atoms with Crippen molar-refractivity contribution in [2.24, 2.45) is 0 Å². The SMILES string of the molecule is O=C(c1ccc(Br)cc1)N1CCOC(=O)C12CCCC2. The number of rotatable bonds is 1. The predicted octanol–water partition coefficient (Wildman–Crippen LogP) is 2.76. The predicted molar refractivity (Wildman–Crippen MR) is 77.3 cm³/mol. The Bertz CT molecular complexity index is 535. The summed E-state index contributed by atoms with van der Waals surface area (Å²) in [6.07, 6.45) is 3.38. The maximum atomic E-state index is 12.7. The highest BCUT2D eigenvalue weighted by Gasteiger charge is 2.51. The molecule has 0 unspecified atom stereocenters. The van der Waals surface area contributed by atoms with Crippen LogP contribution in [0.25, 0.3) is 0 Å². The van der Waals surface area contributed by atoms with E-state index in [4.69, 9.17) is 4.74 Å². The summed E-state index contributed by atoms with van der Waals surface area (Å²) in [5.41, 5.74) is -0.100. The molecule has 1 aromatic rings. The van der Waals surface area contributed by atoms with E-state index in [-0.39, 0.29) is 11.9 Å². The van der Waals surface area contributed by atoms with Gasteiger partial charge < -0.3 is 9.64 Å². The van der Waals surface area contributed by atoms with Crippen LogP contribution in [0.1, 0.15) is 36.0 Å². The summed E-state index contributed by atoms with van der Waals surface area (Å²) in [4.78, 5) is 26.6. The summed E-state index contributed by atoms with van der Waals surface area (Å²) >= 11 is 3.36. The van der Waals surface area contributed by atoms with E-state index in [2.05, 4.69) is 15.9 Å². The minimum atomic E-state index is -0.720. The van der Waals surface area contributed by atoms with Gasteiger partial charge in [-0.3, -0.25) is 4.79 Å². The highest BCUT2D eigenvalue weighted by molar-refractivity contribution is 9.10. The second kappa shape index (κ2) is 5.20. The minimum Gasteiger partial charge on any atom is -0.462 e. The number of nitrogens with zero attached hydrogens (tertiary/aromatic N) is 1. The van der Waals surface area contributed by atoms with E-state index < -0.39 is 5.54 Å². The topological polar surface area (TPSA) is 46.6 Å². The zero-order valence-electron chi connectivity index (χ0n) is 11.1. The first-order valence-electron chi connectivity index (χ1n) is 6.88. The smallest absolute Gasteiger partial charge is 0.332 e. The molecule has 0 N–H and O–H groups in total. The minimum absolute atomic E-state index is 0.0731. The fourth-order valence-corrected chi connectivity index (χ4v) is 3.43. The first kappa shape index (κ1) is 13.6. The summed E-state index contributed by atoms with van der Waals surface area (Å²) in [6, 6.07) is 7.26. The molecule has 1 heterocycles. The van der Waals surface area contributed by atoms with Crippen molar-refractivity contribution in [3.8, 4) is 0 Å². The van der Waals surface area contributed by atoms with Gasteiger partial charge in [-0.1, -0.05) is 28.8 Å². The Labute approximate surface area is 126 Å². The van der Waals surface area contributed by atoms with E-state index in [0.717, 1.165) is 17.3 Å². The van der Waals surface area contributed by atoms with Gasteiger partial charge in [0.15, 0.2) is 0 Å². The quantitative estimate of drug-likeness (QED) is 0.740. The van der Waals surface area contributed by atoms with E-state index in [0.29, 0.717) is 31.6 Å². The summed E-state index contributed by atoms with van der Waals surface area (Å²) in [5.74, 6) is -0.303. The number of ether oxygens (including phenoxy) is 1. The molecule has 0 bridgehead atoms.